The number of hydrogen-bond acceptors (Lipinski definition) is 4. The summed E-state index contributed by atoms with van der Waals surface area (Å²) >= 11 is 0. The largest absolute Gasteiger partial charge is 0.507 e. The van der Waals surface area contributed by atoms with Gasteiger partial charge in [-0.25, -0.2) is 14.3 Å². The molecule has 3 rings (SSSR count). The quantitative estimate of drug-likeness (QED) is 0.769. The summed E-state index contributed by atoms with van der Waals surface area (Å²) in [5, 5.41) is 23.0. The van der Waals surface area contributed by atoms with Gasteiger partial charge in [0.2, 0.25) is 0 Å². The van der Waals surface area contributed by atoms with E-state index in [-0.39, 0.29) is 17.0 Å². The number of fused-ring (bicyclic) bond motifs is 1. The molecule has 6 nitrogen and oxygen atoms in total. The van der Waals surface area contributed by atoms with Crippen LogP contribution in [0.25, 0.3) is 17.8 Å². The monoisotopic (exact) mass is 281 g/mol. The van der Waals surface area contributed by atoms with Crippen LogP contribution in [0.1, 0.15) is 21.6 Å². The van der Waals surface area contributed by atoms with Crippen molar-refractivity contribution < 1.29 is 15.0 Å². The normalized spacial score (nSPS) is 11.2. The van der Waals surface area contributed by atoms with E-state index in [0.717, 1.165) is 5.56 Å². The van der Waals surface area contributed by atoms with E-state index in [4.69, 9.17) is 5.11 Å². The predicted molar refractivity (Wildman–Crippen MR) is 77.0 cm³/mol. The van der Waals surface area contributed by atoms with Crippen LogP contribution in [0.3, 0.4) is 0 Å². The van der Waals surface area contributed by atoms with Crippen molar-refractivity contribution in [2.24, 2.45) is 0 Å². The topological polar surface area (TPSA) is 87.7 Å². The van der Waals surface area contributed by atoms with Crippen molar-refractivity contribution in [1.82, 2.24) is 14.6 Å². The van der Waals surface area contributed by atoms with Gasteiger partial charge in [0.25, 0.3) is 0 Å². The molecule has 2 N–H and O–H groups in total. The third-order valence-corrected chi connectivity index (χ3v) is 3.02. The molecule has 0 unspecified atom stereocenters. The number of carboxylic acids is 1. The van der Waals surface area contributed by atoms with Gasteiger partial charge in [0.1, 0.15) is 17.6 Å². The number of aromatic hydroxyl groups is 1. The van der Waals surface area contributed by atoms with Crippen LogP contribution in [-0.4, -0.2) is 30.8 Å². The van der Waals surface area contributed by atoms with Crippen molar-refractivity contribution in [3.8, 4) is 5.75 Å². The van der Waals surface area contributed by atoms with Crippen LogP contribution in [0.15, 0.2) is 42.7 Å². The Morgan fingerprint density at radius 3 is 2.67 bits per heavy atom. The van der Waals surface area contributed by atoms with Crippen molar-refractivity contribution in [1.29, 1.82) is 0 Å². The van der Waals surface area contributed by atoms with Gasteiger partial charge in [-0.2, -0.15) is 5.10 Å². The molecule has 0 radical (unpaired) electrons. The summed E-state index contributed by atoms with van der Waals surface area (Å²) in [7, 11) is 0. The van der Waals surface area contributed by atoms with Crippen LogP contribution in [-0.2, 0) is 0 Å². The number of hydrogen-bond donors (Lipinski definition) is 2. The highest BCUT2D eigenvalue weighted by atomic mass is 16.4. The second kappa shape index (κ2) is 5.09. The van der Waals surface area contributed by atoms with Crippen molar-refractivity contribution in [3.05, 3.63) is 59.5 Å². The summed E-state index contributed by atoms with van der Waals surface area (Å²) in [5.41, 5.74) is 1.36. The molecule has 2 heterocycles. The average Bonchev–Trinajstić information content (AvgIpc) is 2.94. The lowest BCUT2D eigenvalue weighted by Crippen LogP contribution is -2.04. The van der Waals surface area contributed by atoms with Crippen LogP contribution in [0.4, 0.5) is 0 Å². The minimum Gasteiger partial charge on any atom is -0.507 e. The lowest BCUT2D eigenvalue weighted by molar-refractivity contribution is 0.0695. The molecule has 0 saturated carbocycles. The second-order valence-corrected chi connectivity index (χ2v) is 4.37. The Labute approximate surface area is 119 Å². The van der Waals surface area contributed by atoms with E-state index < -0.39 is 5.97 Å². The first-order valence-corrected chi connectivity index (χ1v) is 6.19. The molecule has 0 aliphatic heterocycles. The predicted octanol–water partition coefficient (Wildman–Crippen LogP) is 2.30. The van der Waals surface area contributed by atoms with Gasteiger partial charge in [-0.05, 0) is 11.6 Å². The molecule has 0 aliphatic carbocycles. The first-order chi connectivity index (χ1) is 10.2. The Morgan fingerprint density at radius 2 is 1.95 bits per heavy atom. The van der Waals surface area contributed by atoms with E-state index in [9.17, 15) is 9.90 Å². The number of rotatable bonds is 3. The van der Waals surface area contributed by atoms with E-state index in [1.54, 1.807) is 6.08 Å². The summed E-state index contributed by atoms with van der Waals surface area (Å²) in [6.07, 6.45) is 4.83. The number of carbonyl (C=O) groups is 1. The second-order valence-electron chi connectivity index (χ2n) is 4.37. The maximum atomic E-state index is 11.2. The van der Waals surface area contributed by atoms with Gasteiger partial charge in [0.15, 0.2) is 5.65 Å². The summed E-state index contributed by atoms with van der Waals surface area (Å²) < 4.78 is 1.38. The molecule has 2 aromatic heterocycles. The molecule has 0 fully saturated rings. The standard InChI is InChI=1S/C15H11N3O3/c19-12-8-11(7-6-10-4-2-1-3-5-10)18-14(16-9-17-18)13(12)15(20)21/h1-9,19H,(H,20,21). The smallest absolute Gasteiger partial charge is 0.343 e. The van der Waals surface area contributed by atoms with E-state index in [0.29, 0.717) is 5.69 Å². The molecule has 1 aromatic carbocycles. The summed E-state index contributed by atoms with van der Waals surface area (Å²) in [6.45, 7) is 0. The van der Waals surface area contributed by atoms with Crippen molar-refractivity contribution >= 4 is 23.8 Å². The third kappa shape index (κ3) is 2.34. The zero-order chi connectivity index (χ0) is 14.8. The van der Waals surface area contributed by atoms with E-state index in [2.05, 4.69) is 10.1 Å². The van der Waals surface area contributed by atoms with Gasteiger partial charge in [-0.15, -0.1) is 0 Å². The van der Waals surface area contributed by atoms with Gasteiger partial charge in [0.05, 0.1) is 5.69 Å². The van der Waals surface area contributed by atoms with Gasteiger partial charge >= 0.3 is 5.97 Å². The van der Waals surface area contributed by atoms with Crippen LogP contribution < -0.4 is 0 Å². The van der Waals surface area contributed by atoms with Gasteiger partial charge in [-0.1, -0.05) is 36.4 Å². The van der Waals surface area contributed by atoms with E-state index >= 15 is 0 Å². The fraction of sp³-hybridized carbons (Fsp3) is 0. The molecular formula is C15H11N3O3. The highest BCUT2D eigenvalue weighted by Crippen LogP contribution is 2.24. The zero-order valence-corrected chi connectivity index (χ0v) is 10.8. The Balaban J connectivity index is 2.12. The highest BCUT2D eigenvalue weighted by molar-refractivity contribution is 5.97. The van der Waals surface area contributed by atoms with Crippen molar-refractivity contribution in [2.45, 2.75) is 0 Å². The lowest BCUT2D eigenvalue weighted by atomic mass is 10.1. The maximum absolute atomic E-state index is 11.2. The minimum atomic E-state index is -1.25. The maximum Gasteiger partial charge on any atom is 0.343 e. The van der Waals surface area contributed by atoms with Gasteiger partial charge in [-0.3, -0.25) is 0 Å². The Kier molecular flexibility index (Phi) is 3.12. The number of benzene rings is 1. The number of aromatic carboxylic acids is 1. The summed E-state index contributed by atoms with van der Waals surface area (Å²) in [4.78, 5) is 15.1. The molecule has 0 saturated heterocycles. The van der Waals surface area contributed by atoms with E-state index in [1.165, 1.54) is 16.9 Å². The number of pyridine rings is 1. The molecule has 21 heavy (non-hydrogen) atoms. The van der Waals surface area contributed by atoms with Crippen molar-refractivity contribution in [3.63, 3.8) is 0 Å². The van der Waals surface area contributed by atoms with Crippen molar-refractivity contribution in [2.75, 3.05) is 0 Å². The lowest BCUT2D eigenvalue weighted by Gasteiger charge is -2.05. The van der Waals surface area contributed by atoms with Gasteiger partial charge < -0.3 is 10.2 Å². The minimum absolute atomic E-state index is 0.107. The Hall–Kier alpha value is -3.15. The Morgan fingerprint density at radius 1 is 1.19 bits per heavy atom. The molecule has 0 amide bonds. The number of nitrogens with zero attached hydrogens (tertiary/aromatic N) is 3. The SMILES string of the molecule is O=C(O)c1c(O)cc(C=Cc2ccccc2)n2ncnc12. The van der Waals surface area contributed by atoms with Gasteiger partial charge in [0, 0.05) is 6.07 Å². The molecule has 3 aromatic rings. The molecule has 0 bridgehead atoms. The van der Waals surface area contributed by atoms with Crippen LogP contribution >= 0.6 is 0 Å². The van der Waals surface area contributed by atoms with Crippen LogP contribution in [0.2, 0.25) is 0 Å². The first-order valence-electron chi connectivity index (χ1n) is 6.19. The Bertz CT molecular complexity index is 838. The molecule has 0 atom stereocenters. The van der Waals surface area contributed by atoms with E-state index in [1.807, 2.05) is 36.4 Å². The molecular weight excluding hydrogens is 270 g/mol. The number of aromatic nitrogens is 3. The summed E-state index contributed by atoms with van der Waals surface area (Å²) in [6, 6.07) is 11.0. The zero-order valence-electron chi connectivity index (χ0n) is 10.8. The third-order valence-electron chi connectivity index (χ3n) is 3.02. The fourth-order valence-corrected chi connectivity index (χ4v) is 2.06. The molecule has 104 valence electrons. The highest BCUT2D eigenvalue weighted by Gasteiger charge is 2.18. The molecule has 0 spiro atoms. The van der Waals surface area contributed by atoms with Crippen LogP contribution in [0.5, 0.6) is 5.75 Å². The number of carboxylic acid groups (broad SMARTS) is 1. The average molecular weight is 281 g/mol. The fourth-order valence-electron chi connectivity index (χ4n) is 2.06. The molecule has 0 aliphatic rings. The van der Waals surface area contributed by atoms with Crippen LogP contribution in [0, 0.1) is 0 Å². The molecule has 6 heteroatoms. The first kappa shape index (κ1) is 12.9. The summed E-state index contributed by atoms with van der Waals surface area (Å²) in [5.74, 6) is -1.58.